The second-order valence-electron chi connectivity index (χ2n) is 7.28. The number of anilines is 1. The maximum absolute atomic E-state index is 12.3. The number of piperidine rings is 1. The second kappa shape index (κ2) is 6.38. The zero-order chi connectivity index (χ0) is 18.2. The number of hydrogen-bond donors (Lipinski definition) is 2. The van der Waals surface area contributed by atoms with Crippen molar-refractivity contribution in [2.24, 2.45) is 0 Å². The molecule has 3 heterocycles. The number of fused-ring (bicyclic) bond motifs is 1. The number of rotatable bonds is 2. The SMILES string of the molecule is COC(=O)N1CCCC(Nc2nc3c(cnn3C(C)(C)C)c(=O)[nH]2)C1. The van der Waals surface area contributed by atoms with Crippen molar-refractivity contribution >= 4 is 23.1 Å². The van der Waals surface area contributed by atoms with Crippen LogP contribution in [0.1, 0.15) is 33.6 Å². The standard InChI is InChI=1S/C16H24N6O3/c1-16(2,3)22-12-11(8-17-22)13(23)20-14(19-12)18-10-6-5-7-21(9-10)15(24)25-4/h8,10H,5-7,9H2,1-4H3,(H2,18,19,20,23). The molecule has 1 fully saturated rings. The smallest absolute Gasteiger partial charge is 0.409 e. The van der Waals surface area contributed by atoms with E-state index in [-0.39, 0.29) is 23.2 Å². The third-order valence-electron chi connectivity index (χ3n) is 4.27. The molecule has 1 amide bonds. The summed E-state index contributed by atoms with van der Waals surface area (Å²) in [6.07, 6.45) is 2.94. The van der Waals surface area contributed by atoms with E-state index in [1.54, 1.807) is 9.58 Å². The van der Waals surface area contributed by atoms with E-state index >= 15 is 0 Å². The van der Waals surface area contributed by atoms with Gasteiger partial charge in [0.2, 0.25) is 5.95 Å². The first-order valence-corrected chi connectivity index (χ1v) is 8.37. The summed E-state index contributed by atoms with van der Waals surface area (Å²) in [6.45, 7) is 7.19. The summed E-state index contributed by atoms with van der Waals surface area (Å²) in [5, 5.41) is 7.99. The maximum atomic E-state index is 12.3. The van der Waals surface area contributed by atoms with Crippen molar-refractivity contribution in [1.82, 2.24) is 24.6 Å². The number of aromatic nitrogens is 4. The molecule has 9 heteroatoms. The lowest BCUT2D eigenvalue weighted by molar-refractivity contribution is 0.113. The van der Waals surface area contributed by atoms with E-state index < -0.39 is 0 Å². The molecule has 2 aromatic heterocycles. The molecule has 1 saturated heterocycles. The molecule has 9 nitrogen and oxygen atoms in total. The minimum atomic E-state index is -0.339. The van der Waals surface area contributed by atoms with Crippen LogP contribution in [-0.4, -0.2) is 57.0 Å². The minimum Gasteiger partial charge on any atom is -0.453 e. The van der Waals surface area contributed by atoms with E-state index in [1.165, 1.54) is 13.3 Å². The van der Waals surface area contributed by atoms with Crippen molar-refractivity contribution in [2.75, 3.05) is 25.5 Å². The fourth-order valence-corrected chi connectivity index (χ4v) is 3.06. The number of amides is 1. The molecule has 1 atom stereocenters. The molecule has 0 aliphatic carbocycles. The third-order valence-corrected chi connectivity index (χ3v) is 4.27. The van der Waals surface area contributed by atoms with Gasteiger partial charge >= 0.3 is 6.09 Å². The Morgan fingerprint density at radius 1 is 1.44 bits per heavy atom. The van der Waals surface area contributed by atoms with Gasteiger partial charge in [-0.05, 0) is 33.6 Å². The van der Waals surface area contributed by atoms with Gasteiger partial charge in [-0.15, -0.1) is 0 Å². The lowest BCUT2D eigenvalue weighted by atomic mass is 10.1. The molecule has 1 aliphatic rings. The monoisotopic (exact) mass is 348 g/mol. The molecule has 25 heavy (non-hydrogen) atoms. The number of ether oxygens (including phenoxy) is 1. The van der Waals surface area contributed by atoms with Crippen molar-refractivity contribution in [3.8, 4) is 0 Å². The highest BCUT2D eigenvalue weighted by Gasteiger charge is 2.25. The summed E-state index contributed by atoms with van der Waals surface area (Å²) >= 11 is 0. The highest BCUT2D eigenvalue weighted by molar-refractivity contribution is 5.74. The van der Waals surface area contributed by atoms with Crippen LogP contribution < -0.4 is 10.9 Å². The van der Waals surface area contributed by atoms with Crippen LogP contribution in [0.3, 0.4) is 0 Å². The molecular formula is C16H24N6O3. The van der Waals surface area contributed by atoms with Crippen LogP contribution in [-0.2, 0) is 10.3 Å². The summed E-state index contributed by atoms with van der Waals surface area (Å²) in [7, 11) is 1.37. The van der Waals surface area contributed by atoms with Crippen LogP contribution in [0.2, 0.25) is 0 Å². The van der Waals surface area contributed by atoms with Gasteiger partial charge in [0.25, 0.3) is 5.56 Å². The predicted octanol–water partition coefficient (Wildman–Crippen LogP) is 1.52. The maximum Gasteiger partial charge on any atom is 0.409 e. The van der Waals surface area contributed by atoms with E-state index in [0.717, 1.165) is 12.8 Å². The van der Waals surface area contributed by atoms with Crippen molar-refractivity contribution in [3.63, 3.8) is 0 Å². The number of likely N-dealkylation sites (tertiary alicyclic amines) is 1. The van der Waals surface area contributed by atoms with E-state index in [4.69, 9.17) is 4.74 Å². The molecule has 0 bridgehead atoms. The summed E-state index contributed by atoms with van der Waals surface area (Å²) in [4.78, 5) is 33.0. The molecule has 1 unspecified atom stereocenters. The average Bonchev–Trinajstić information content (AvgIpc) is 2.99. The van der Waals surface area contributed by atoms with Crippen LogP contribution in [0, 0.1) is 0 Å². The number of methoxy groups -OCH3 is 1. The third kappa shape index (κ3) is 3.45. The molecule has 0 aromatic carbocycles. The van der Waals surface area contributed by atoms with Gasteiger partial charge in [-0.1, -0.05) is 0 Å². The Kier molecular flexibility index (Phi) is 4.40. The van der Waals surface area contributed by atoms with Crippen LogP contribution in [0.25, 0.3) is 11.0 Å². The second-order valence-corrected chi connectivity index (χ2v) is 7.28. The number of aromatic amines is 1. The van der Waals surface area contributed by atoms with Crippen molar-refractivity contribution in [1.29, 1.82) is 0 Å². The van der Waals surface area contributed by atoms with Gasteiger partial charge in [-0.2, -0.15) is 10.1 Å². The first-order chi connectivity index (χ1) is 11.8. The lowest BCUT2D eigenvalue weighted by Gasteiger charge is -2.32. The number of nitrogens with zero attached hydrogens (tertiary/aromatic N) is 4. The van der Waals surface area contributed by atoms with E-state index in [9.17, 15) is 9.59 Å². The molecule has 1 aliphatic heterocycles. The quantitative estimate of drug-likeness (QED) is 0.852. The largest absolute Gasteiger partial charge is 0.453 e. The molecular weight excluding hydrogens is 324 g/mol. The van der Waals surface area contributed by atoms with Gasteiger partial charge in [-0.3, -0.25) is 9.78 Å². The molecule has 0 spiro atoms. The molecule has 2 N–H and O–H groups in total. The number of carbonyl (C=O) groups is 1. The Bertz CT molecular complexity index is 834. The highest BCUT2D eigenvalue weighted by Crippen LogP contribution is 2.20. The first kappa shape index (κ1) is 17.2. The average molecular weight is 348 g/mol. The van der Waals surface area contributed by atoms with E-state index in [2.05, 4.69) is 20.4 Å². The van der Waals surface area contributed by atoms with Crippen molar-refractivity contribution < 1.29 is 9.53 Å². The number of H-pyrrole nitrogens is 1. The van der Waals surface area contributed by atoms with E-state index in [0.29, 0.717) is 30.1 Å². The summed E-state index contributed by atoms with van der Waals surface area (Å²) in [5.74, 6) is 0.389. The zero-order valence-electron chi connectivity index (χ0n) is 15.0. The molecule has 2 aromatic rings. The lowest BCUT2D eigenvalue weighted by Crippen LogP contribution is -2.45. The topological polar surface area (TPSA) is 105 Å². The fraction of sp³-hybridized carbons (Fsp3) is 0.625. The van der Waals surface area contributed by atoms with Gasteiger partial charge in [0.1, 0.15) is 5.39 Å². The van der Waals surface area contributed by atoms with Crippen LogP contribution in [0.4, 0.5) is 10.7 Å². The van der Waals surface area contributed by atoms with Crippen molar-refractivity contribution in [2.45, 2.75) is 45.2 Å². The van der Waals surface area contributed by atoms with Gasteiger partial charge in [0.05, 0.1) is 18.8 Å². The molecule has 0 radical (unpaired) electrons. The van der Waals surface area contributed by atoms with Gasteiger partial charge < -0.3 is 15.0 Å². The number of hydrogen-bond acceptors (Lipinski definition) is 6. The van der Waals surface area contributed by atoms with Crippen molar-refractivity contribution in [3.05, 3.63) is 16.6 Å². The Labute approximate surface area is 145 Å². The van der Waals surface area contributed by atoms with Gasteiger partial charge in [-0.25, -0.2) is 9.48 Å². The zero-order valence-corrected chi connectivity index (χ0v) is 15.0. The molecule has 0 saturated carbocycles. The Morgan fingerprint density at radius 3 is 2.88 bits per heavy atom. The fourth-order valence-electron chi connectivity index (χ4n) is 3.06. The van der Waals surface area contributed by atoms with Crippen LogP contribution in [0.5, 0.6) is 0 Å². The van der Waals surface area contributed by atoms with Crippen LogP contribution >= 0.6 is 0 Å². The Hall–Kier alpha value is -2.58. The van der Waals surface area contributed by atoms with Crippen LogP contribution in [0.15, 0.2) is 11.0 Å². The van der Waals surface area contributed by atoms with Gasteiger partial charge in [0.15, 0.2) is 5.65 Å². The predicted molar refractivity (Wildman–Crippen MR) is 93.8 cm³/mol. The highest BCUT2D eigenvalue weighted by atomic mass is 16.5. The summed E-state index contributed by atoms with van der Waals surface area (Å²) < 4.78 is 6.52. The minimum absolute atomic E-state index is 0.000502. The normalized spacial score (nSPS) is 18.4. The van der Waals surface area contributed by atoms with E-state index in [1.807, 2.05) is 20.8 Å². The first-order valence-electron chi connectivity index (χ1n) is 8.37. The molecule has 3 rings (SSSR count). The molecule has 136 valence electrons. The summed E-state index contributed by atoms with van der Waals surface area (Å²) in [5.41, 5.74) is 0.0230. The Balaban J connectivity index is 1.86. The van der Waals surface area contributed by atoms with Gasteiger partial charge in [0, 0.05) is 19.1 Å². The Morgan fingerprint density at radius 2 is 2.20 bits per heavy atom. The summed E-state index contributed by atoms with van der Waals surface area (Å²) in [6, 6.07) is -0.000502. The number of nitrogens with one attached hydrogen (secondary N) is 2. The number of carbonyl (C=O) groups excluding carboxylic acids is 1.